The fourth-order valence-electron chi connectivity index (χ4n) is 2.51. The molecule has 0 spiro atoms. The summed E-state index contributed by atoms with van der Waals surface area (Å²) in [6.07, 6.45) is 8.84. The van der Waals surface area contributed by atoms with Gasteiger partial charge in [-0.3, -0.25) is 0 Å². The number of ketones is 1. The lowest BCUT2D eigenvalue weighted by Crippen LogP contribution is -2.03. The first kappa shape index (κ1) is 14.9. The smallest absolute Gasteiger partial charge is 0.129 e. The molecule has 0 aliphatic heterocycles. The third-order valence-electron chi connectivity index (χ3n) is 3.48. The Kier molecular flexibility index (Phi) is 7.40. The standard InChI is InChI=1S/C12H16.C5H10O/c1-3-7-11(8-4-1)12-9-5-2-6-10-12;1-3-4-5(2)6/h1,3-4,7-8,12H,2,5-6,9-10H2;3-4H2,1-2H3. The molecule has 1 aliphatic rings. The molecule has 1 heteroatoms. The van der Waals surface area contributed by atoms with E-state index in [4.69, 9.17) is 0 Å². The van der Waals surface area contributed by atoms with Crippen molar-refractivity contribution in [1.82, 2.24) is 0 Å². The van der Waals surface area contributed by atoms with E-state index in [9.17, 15) is 4.79 Å². The highest BCUT2D eigenvalue weighted by Crippen LogP contribution is 2.31. The highest BCUT2D eigenvalue weighted by atomic mass is 16.1. The first-order chi connectivity index (χ1) is 8.74. The van der Waals surface area contributed by atoms with Crippen molar-refractivity contribution in [2.24, 2.45) is 0 Å². The van der Waals surface area contributed by atoms with Gasteiger partial charge in [0, 0.05) is 6.42 Å². The van der Waals surface area contributed by atoms with Crippen LogP contribution in [0.25, 0.3) is 0 Å². The molecule has 1 nitrogen and oxygen atoms in total. The lowest BCUT2D eigenvalue weighted by atomic mass is 9.84. The zero-order chi connectivity index (χ0) is 13.2. The zero-order valence-corrected chi connectivity index (χ0v) is 11.8. The summed E-state index contributed by atoms with van der Waals surface area (Å²) in [5.74, 6) is 1.15. The second kappa shape index (κ2) is 8.91. The van der Waals surface area contributed by atoms with E-state index in [1.165, 1.54) is 32.1 Å². The van der Waals surface area contributed by atoms with Crippen LogP contribution in [-0.2, 0) is 4.79 Å². The van der Waals surface area contributed by atoms with E-state index in [0.29, 0.717) is 0 Å². The van der Waals surface area contributed by atoms with Gasteiger partial charge in [-0.2, -0.15) is 0 Å². The molecule has 1 fully saturated rings. The van der Waals surface area contributed by atoms with Gasteiger partial charge in [0.05, 0.1) is 0 Å². The molecule has 0 atom stereocenters. The number of hydrogen-bond acceptors (Lipinski definition) is 1. The summed E-state index contributed by atoms with van der Waals surface area (Å²) in [6.45, 7) is 3.62. The largest absolute Gasteiger partial charge is 0.300 e. The fourth-order valence-corrected chi connectivity index (χ4v) is 2.51. The van der Waals surface area contributed by atoms with Crippen molar-refractivity contribution in [3.63, 3.8) is 0 Å². The summed E-state index contributed by atoms with van der Waals surface area (Å²) in [4.78, 5) is 10.0. The summed E-state index contributed by atoms with van der Waals surface area (Å²) < 4.78 is 0. The number of carbonyl (C=O) groups is 1. The van der Waals surface area contributed by atoms with E-state index in [1.807, 2.05) is 6.92 Å². The van der Waals surface area contributed by atoms with Crippen LogP contribution in [0.15, 0.2) is 30.3 Å². The van der Waals surface area contributed by atoms with Crippen molar-refractivity contribution >= 4 is 5.78 Å². The minimum atomic E-state index is 0.289. The highest BCUT2D eigenvalue weighted by molar-refractivity contribution is 5.75. The molecule has 0 unspecified atom stereocenters. The average molecular weight is 246 g/mol. The van der Waals surface area contributed by atoms with Crippen LogP contribution in [0.4, 0.5) is 0 Å². The normalized spacial score (nSPS) is 15.7. The number of Topliss-reactive ketones (excluding diaryl/α,β-unsaturated/α-hetero) is 1. The van der Waals surface area contributed by atoms with Crippen molar-refractivity contribution in [1.29, 1.82) is 0 Å². The molecule has 1 aromatic rings. The van der Waals surface area contributed by atoms with E-state index in [0.717, 1.165) is 18.8 Å². The molecule has 1 aliphatic carbocycles. The molecule has 1 aromatic carbocycles. The molecule has 0 amide bonds. The van der Waals surface area contributed by atoms with E-state index in [1.54, 1.807) is 12.5 Å². The van der Waals surface area contributed by atoms with Crippen LogP contribution >= 0.6 is 0 Å². The minimum Gasteiger partial charge on any atom is -0.300 e. The van der Waals surface area contributed by atoms with Crippen molar-refractivity contribution in [3.8, 4) is 0 Å². The van der Waals surface area contributed by atoms with Crippen LogP contribution < -0.4 is 0 Å². The first-order valence-electron chi connectivity index (χ1n) is 7.28. The Hall–Kier alpha value is -1.11. The quantitative estimate of drug-likeness (QED) is 0.724. The van der Waals surface area contributed by atoms with Gasteiger partial charge in [-0.1, -0.05) is 56.5 Å². The van der Waals surface area contributed by atoms with E-state index in [-0.39, 0.29) is 5.78 Å². The van der Waals surface area contributed by atoms with E-state index in [2.05, 4.69) is 30.3 Å². The van der Waals surface area contributed by atoms with Crippen LogP contribution in [0.2, 0.25) is 0 Å². The second-order valence-electron chi connectivity index (χ2n) is 5.20. The summed E-state index contributed by atoms with van der Waals surface area (Å²) in [5, 5.41) is 0. The third-order valence-corrected chi connectivity index (χ3v) is 3.48. The maximum atomic E-state index is 10.0. The number of rotatable bonds is 3. The molecule has 0 bridgehead atoms. The Balaban J connectivity index is 0.000000232. The molecule has 0 N–H and O–H groups in total. The lowest BCUT2D eigenvalue weighted by molar-refractivity contribution is -0.117. The zero-order valence-electron chi connectivity index (χ0n) is 11.8. The minimum absolute atomic E-state index is 0.289. The molecule has 0 aromatic heterocycles. The third kappa shape index (κ3) is 6.00. The predicted octanol–water partition coefficient (Wildman–Crippen LogP) is 5.11. The van der Waals surface area contributed by atoms with Gasteiger partial charge in [0.15, 0.2) is 0 Å². The predicted molar refractivity (Wildman–Crippen MR) is 77.9 cm³/mol. The van der Waals surface area contributed by atoms with Gasteiger partial charge in [-0.05, 0) is 37.7 Å². The Bertz CT molecular complexity index is 323. The second-order valence-corrected chi connectivity index (χ2v) is 5.20. The molecule has 0 heterocycles. The van der Waals surface area contributed by atoms with Crippen molar-refractivity contribution in [3.05, 3.63) is 35.9 Å². The molecular formula is C17H26O. The molecule has 100 valence electrons. The molecule has 0 saturated heterocycles. The molecular weight excluding hydrogens is 220 g/mol. The molecule has 0 radical (unpaired) electrons. The van der Waals surface area contributed by atoms with E-state index >= 15 is 0 Å². The Morgan fingerprint density at radius 3 is 2.17 bits per heavy atom. The van der Waals surface area contributed by atoms with Crippen LogP contribution in [0.3, 0.4) is 0 Å². The van der Waals surface area contributed by atoms with E-state index < -0.39 is 0 Å². The summed E-state index contributed by atoms with van der Waals surface area (Å²) in [7, 11) is 0. The van der Waals surface area contributed by atoms with Crippen molar-refractivity contribution < 1.29 is 4.79 Å². The number of carbonyl (C=O) groups excluding carboxylic acids is 1. The van der Waals surface area contributed by atoms with Gasteiger partial charge in [0.1, 0.15) is 5.78 Å². The summed E-state index contributed by atoms with van der Waals surface area (Å²) in [5.41, 5.74) is 1.55. The number of benzene rings is 1. The summed E-state index contributed by atoms with van der Waals surface area (Å²) >= 11 is 0. The highest BCUT2D eigenvalue weighted by Gasteiger charge is 2.14. The van der Waals surface area contributed by atoms with Crippen molar-refractivity contribution in [2.75, 3.05) is 0 Å². The molecule has 2 rings (SSSR count). The van der Waals surface area contributed by atoms with Crippen LogP contribution in [-0.4, -0.2) is 5.78 Å². The van der Waals surface area contributed by atoms with Crippen molar-refractivity contribution in [2.45, 2.75) is 64.7 Å². The SMILES string of the molecule is CCCC(C)=O.c1ccc(C2CCCCC2)cc1. The monoisotopic (exact) mass is 246 g/mol. The van der Waals surface area contributed by atoms with Crippen LogP contribution in [0.5, 0.6) is 0 Å². The maximum absolute atomic E-state index is 10.0. The average Bonchev–Trinajstić information content (AvgIpc) is 2.41. The van der Waals surface area contributed by atoms with Gasteiger partial charge in [0.2, 0.25) is 0 Å². The molecule has 18 heavy (non-hydrogen) atoms. The maximum Gasteiger partial charge on any atom is 0.129 e. The lowest BCUT2D eigenvalue weighted by Gasteiger charge is -2.21. The Labute approximate surface area is 112 Å². The Morgan fingerprint density at radius 1 is 1.11 bits per heavy atom. The topological polar surface area (TPSA) is 17.1 Å². The fraction of sp³-hybridized carbons (Fsp3) is 0.588. The van der Waals surface area contributed by atoms with Gasteiger partial charge in [0.25, 0.3) is 0 Å². The Morgan fingerprint density at radius 2 is 1.72 bits per heavy atom. The number of hydrogen-bond donors (Lipinski definition) is 0. The van der Waals surface area contributed by atoms with Gasteiger partial charge in [-0.15, -0.1) is 0 Å². The first-order valence-corrected chi connectivity index (χ1v) is 7.28. The van der Waals surface area contributed by atoms with Crippen LogP contribution in [0, 0.1) is 0 Å². The summed E-state index contributed by atoms with van der Waals surface area (Å²) in [6, 6.07) is 11.0. The van der Waals surface area contributed by atoms with Crippen LogP contribution in [0.1, 0.15) is 70.3 Å². The van der Waals surface area contributed by atoms with Gasteiger partial charge in [-0.25, -0.2) is 0 Å². The molecule has 1 saturated carbocycles. The van der Waals surface area contributed by atoms with Gasteiger partial charge < -0.3 is 4.79 Å². The van der Waals surface area contributed by atoms with Gasteiger partial charge >= 0.3 is 0 Å².